The Morgan fingerprint density at radius 2 is 2.14 bits per heavy atom. The first-order valence-electron chi connectivity index (χ1n) is 9.71. The maximum Gasteiger partial charge on any atom is 0.255 e. The SMILES string of the molecule is CC#C[C@H](C)Oc1cc(N)c(Cl)cc1C(=O)NC1CCN(Cc2ccccc2)C1. The number of nitrogens with one attached hydrogen (secondary N) is 1. The average Bonchev–Trinajstić information content (AvgIpc) is 3.12. The largest absolute Gasteiger partial charge is 0.477 e. The smallest absolute Gasteiger partial charge is 0.255 e. The van der Waals surface area contributed by atoms with Crippen LogP contribution in [0.2, 0.25) is 5.02 Å². The van der Waals surface area contributed by atoms with Crippen LogP contribution in [0.1, 0.15) is 36.2 Å². The molecule has 2 atom stereocenters. The number of hydrogen-bond donors (Lipinski definition) is 2. The van der Waals surface area contributed by atoms with Crippen LogP contribution >= 0.6 is 11.6 Å². The Bertz CT molecular complexity index is 921. The summed E-state index contributed by atoms with van der Waals surface area (Å²) >= 11 is 6.16. The van der Waals surface area contributed by atoms with Crippen molar-refractivity contribution >= 4 is 23.2 Å². The molecular weight excluding hydrogens is 386 g/mol. The fraction of sp³-hybridized carbons (Fsp3) is 0.348. The van der Waals surface area contributed by atoms with E-state index in [0.29, 0.717) is 22.0 Å². The number of rotatable bonds is 6. The lowest BCUT2D eigenvalue weighted by molar-refractivity contribution is 0.0933. The number of anilines is 1. The van der Waals surface area contributed by atoms with E-state index in [0.717, 1.165) is 26.1 Å². The minimum atomic E-state index is -0.361. The third-order valence-electron chi connectivity index (χ3n) is 4.85. The fourth-order valence-corrected chi connectivity index (χ4v) is 3.63. The highest BCUT2D eigenvalue weighted by molar-refractivity contribution is 6.33. The van der Waals surface area contributed by atoms with Crippen LogP contribution in [0, 0.1) is 11.8 Å². The molecule has 0 spiro atoms. The highest BCUT2D eigenvalue weighted by Gasteiger charge is 2.26. The van der Waals surface area contributed by atoms with Gasteiger partial charge in [0, 0.05) is 31.7 Å². The zero-order valence-electron chi connectivity index (χ0n) is 16.7. The molecule has 1 saturated heterocycles. The maximum absolute atomic E-state index is 12.9. The van der Waals surface area contributed by atoms with Gasteiger partial charge in [-0.05, 0) is 31.9 Å². The number of nitrogens with two attached hydrogens (primary N) is 1. The van der Waals surface area contributed by atoms with Gasteiger partial charge in [-0.1, -0.05) is 47.9 Å². The van der Waals surface area contributed by atoms with Gasteiger partial charge < -0.3 is 15.8 Å². The molecule has 3 N–H and O–H groups in total. The number of ether oxygens (including phenoxy) is 1. The second-order valence-electron chi connectivity index (χ2n) is 7.20. The van der Waals surface area contributed by atoms with Gasteiger partial charge >= 0.3 is 0 Å². The van der Waals surface area contributed by atoms with Gasteiger partial charge in [-0.3, -0.25) is 9.69 Å². The van der Waals surface area contributed by atoms with Crippen LogP contribution < -0.4 is 15.8 Å². The first-order valence-corrected chi connectivity index (χ1v) is 10.1. The summed E-state index contributed by atoms with van der Waals surface area (Å²) in [5.41, 5.74) is 7.91. The van der Waals surface area contributed by atoms with Gasteiger partial charge in [0.1, 0.15) is 5.75 Å². The first kappa shape index (κ1) is 21.0. The number of benzene rings is 2. The Hall–Kier alpha value is -2.68. The number of halogens is 1. The third kappa shape index (κ3) is 5.66. The molecule has 1 aliphatic heterocycles. The molecule has 29 heavy (non-hydrogen) atoms. The lowest BCUT2D eigenvalue weighted by Crippen LogP contribution is -2.37. The normalized spacial score (nSPS) is 17.3. The molecule has 1 heterocycles. The standard InChI is InChI=1S/C23H26ClN3O2/c1-3-7-16(2)29-22-13-21(25)20(24)12-19(22)23(28)26-18-10-11-27(15-18)14-17-8-5-4-6-9-17/h4-6,8-9,12-13,16,18H,10-11,14-15,25H2,1-2H3,(H,26,28)/t16-,18?/m0/s1. The van der Waals surface area contributed by atoms with Crippen LogP contribution in [0.3, 0.4) is 0 Å². The predicted molar refractivity (Wildman–Crippen MR) is 117 cm³/mol. The lowest BCUT2D eigenvalue weighted by Gasteiger charge is -2.19. The van der Waals surface area contributed by atoms with Crippen molar-refractivity contribution in [3.05, 3.63) is 58.6 Å². The van der Waals surface area contributed by atoms with Crippen molar-refractivity contribution in [3.63, 3.8) is 0 Å². The van der Waals surface area contributed by atoms with Gasteiger partial charge in [-0.2, -0.15) is 0 Å². The van der Waals surface area contributed by atoms with Crippen LogP contribution in [-0.4, -0.2) is 36.0 Å². The quantitative estimate of drug-likeness (QED) is 0.561. The van der Waals surface area contributed by atoms with Crippen molar-refractivity contribution in [3.8, 4) is 17.6 Å². The summed E-state index contributed by atoms with van der Waals surface area (Å²) in [5.74, 6) is 5.89. The Morgan fingerprint density at radius 3 is 2.86 bits per heavy atom. The molecule has 152 valence electrons. The van der Waals surface area contributed by atoms with Gasteiger partial charge in [0.2, 0.25) is 0 Å². The van der Waals surface area contributed by atoms with E-state index < -0.39 is 0 Å². The zero-order chi connectivity index (χ0) is 20.8. The van der Waals surface area contributed by atoms with E-state index >= 15 is 0 Å². The molecule has 1 unspecified atom stereocenters. The molecule has 1 aliphatic rings. The Balaban J connectivity index is 1.67. The summed E-state index contributed by atoms with van der Waals surface area (Å²) < 4.78 is 5.82. The summed E-state index contributed by atoms with van der Waals surface area (Å²) in [6, 6.07) is 13.6. The summed E-state index contributed by atoms with van der Waals surface area (Å²) in [4.78, 5) is 15.3. The maximum atomic E-state index is 12.9. The molecule has 5 nitrogen and oxygen atoms in total. The van der Waals surface area contributed by atoms with E-state index in [4.69, 9.17) is 22.1 Å². The summed E-state index contributed by atoms with van der Waals surface area (Å²) in [6.07, 6.45) is 0.537. The number of carbonyl (C=O) groups is 1. The number of likely N-dealkylation sites (tertiary alicyclic amines) is 1. The fourth-order valence-electron chi connectivity index (χ4n) is 3.47. The molecule has 0 radical (unpaired) electrons. The molecule has 3 rings (SSSR count). The van der Waals surface area contributed by atoms with Gasteiger partial charge in [-0.25, -0.2) is 0 Å². The van der Waals surface area contributed by atoms with E-state index in [1.165, 1.54) is 5.56 Å². The summed E-state index contributed by atoms with van der Waals surface area (Å²) in [6.45, 7) is 6.18. The van der Waals surface area contributed by atoms with Crippen molar-refractivity contribution in [2.24, 2.45) is 0 Å². The molecule has 0 saturated carbocycles. The number of amides is 1. The predicted octanol–water partition coefficient (Wildman–Crippen LogP) is 3.72. The van der Waals surface area contributed by atoms with Crippen LogP contribution in [-0.2, 0) is 6.54 Å². The Kier molecular flexibility index (Phi) is 7.03. The first-order chi connectivity index (χ1) is 14.0. The monoisotopic (exact) mass is 411 g/mol. The number of carbonyl (C=O) groups excluding carboxylic acids is 1. The minimum Gasteiger partial charge on any atom is -0.477 e. The van der Waals surface area contributed by atoms with Crippen molar-refractivity contribution in [2.75, 3.05) is 18.8 Å². The number of nitrogens with zero attached hydrogens (tertiary/aromatic N) is 1. The van der Waals surface area contributed by atoms with Gasteiger partial charge in [0.25, 0.3) is 5.91 Å². The molecule has 6 heteroatoms. The van der Waals surface area contributed by atoms with Crippen molar-refractivity contribution in [2.45, 2.75) is 39.0 Å². The lowest BCUT2D eigenvalue weighted by atomic mass is 10.1. The molecule has 1 amide bonds. The summed E-state index contributed by atoms with van der Waals surface area (Å²) in [5, 5.41) is 3.43. The van der Waals surface area contributed by atoms with Gasteiger partial charge in [-0.15, -0.1) is 5.92 Å². The molecular formula is C23H26ClN3O2. The summed E-state index contributed by atoms with van der Waals surface area (Å²) in [7, 11) is 0. The highest BCUT2D eigenvalue weighted by atomic mass is 35.5. The highest BCUT2D eigenvalue weighted by Crippen LogP contribution is 2.30. The topological polar surface area (TPSA) is 67.6 Å². The van der Waals surface area contributed by atoms with Crippen molar-refractivity contribution in [1.29, 1.82) is 0 Å². The van der Waals surface area contributed by atoms with Gasteiger partial charge in [0.15, 0.2) is 6.10 Å². The molecule has 0 bridgehead atoms. The van der Waals surface area contributed by atoms with E-state index in [-0.39, 0.29) is 18.1 Å². The zero-order valence-corrected chi connectivity index (χ0v) is 17.5. The number of hydrogen-bond acceptors (Lipinski definition) is 4. The van der Waals surface area contributed by atoms with Crippen molar-refractivity contribution < 1.29 is 9.53 Å². The Labute approximate surface area is 177 Å². The van der Waals surface area contributed by atoms with E-state index in [1.54, 1.807) is 19.1 Å². The molecule has 2 aromatic carbocycles. The average molecular weight is 412 g/mol. The van der Waals surface area contributed by atoms with Crippen LogP contribution in [0.15, 0.2) is 42.5 Å². The Morgan fingerprint density at radius 1 is 1.38 bits per heavy atom. The van der Waals surface area contributed by atoms with Crippen molar-refractivity contribution in [1.82, 2.24) is 10.2 Å². The van der Waals surface area contributed by atoms with Crippen LogP contribution in [0.4, 0.5) is 5.69 Å². The van der Waals surface area contributed by atoms with Gasteiger partial charge in [0.05, 0.1) is 16.3 Å². The molecule has 2 aromatic rings. The van der Waals surface area contributed by atoms with E-state index in [9.17, 15) is 4.79 Å². The molecule has 0 aromatic heterocycles. The second-order valence-corrected chi connectivity index (χ2v) is 7.61. The molecule has 1 fully saturated rings. The molecule has 0 aliphatic carbocycles. The van der Waals surface area contributed by atoms with Crippen LogP contribution in [0.25, 0.3) is 0 Å². The third-order valence-corrected chi connectivity index (χ3v) is 5.18. The van der Waals surface area contributed by atoms with E-state index in [1.807, 2.05) is 25.1 Å². The van der Waals surface area contributed by atoms with E-state index in [2.05, 4.69) is 34.2 Å². The minimum absolute atomic E-state index is 0.0725. The van der Waals surface area contributed by atoms with Crippen LogP contribution in [0.5, 0.6) is 5.75 Å². The second kappa shape index (κ2) is 9.69. The number of nitrogen functional groups attached to an aromatic ring is 1.